The lowest BCUT2D eigenvalue weighted by atomic mass is 9.46. The van der Waals surface area contributed by atoms with Crippen molar-refractivity contribution in [2.24, 2.45) is 16.3 Å². The molecular formula is C23H32N4O3. The van der Waals surface area contributed by atoms with Gasteiger partial charge in [0.15, 0.2) is 17.5 Å². The summed E-state index contributed by atoms with van der Waals surface area (Å²) in [6.45, 7) is 6.32. The molecule has 2 aliphatic carbocycles. The molecule has 2 saturated heterocycles. The number of hydrogen-bond acceptors (Lipinski definition) is 5. The Kier molecular flexibility index (Phi) is 4.57. The monoisotopic (exact) mass is 412 g/mol. The van der Waals surface area contributed by atoms with E-state index >= 15 is 0 Å². The van der Waals surface area contributed by atoms with Crippen LogP contribution < -0.4 is 14.8 Å². The van der Waals surface area contributed by atoms with Gasteiger partial charge in [-0.3, -0.25) is 9.89 Å². The van der Waals surface area contributed by atoms with Crippen molar-refractivity contribution in [1.82, 2.24) is 15.1 Å². The molecule has 2 saturated carbocycles. The van der Waals surface area contributed by atoms with Crippen molar-refractivity contribution in [3.8, 4) is 11.5 Å². The van der Waals surface area contributed by atoms with Crippen LogP contribution in [-0.4, -0.2) is 74.5 Å². The molecule has 7 nitrogen and oxygen atoms in total. The van der Waals surface area contributed by atoms with Crippen LogP contribution in [0, 0.1) is 11.3 Å². The van der Waals surface area contributed by atoms with Gasteiger partial charge < -0.3 is 24.4 Å². The molecule has 3 heterocycles. The number of piperazine rings is 1. The van der Waals surface area contributed by atoms with Gasteiger partial charge in [0.25, 0.3) is 0 Å². The standard InChI is InChI=1S/C23H32N4O3/c1-24-22(25-20-17-5-12-28-21(17)23(20)6-2-7-23)27-10-8-26(9-11-27)14-16-3-4-18-19(13-16)30-15-29-18/h3-4,13,17,20-21H,2,5-12,14-15H2,1H3,(H,24,25). The third-order valence-electron chi connectivity index (χ3n) is 8.05. The van der Waals surface area contributed by atoms with Crippen LogP contribution in [-0.2, 0) is 11.3 Å². The quantitative estimate of drug-likeness (QED) is 0.606. The highest BCUT2D eigenvalue weighted by atomic mass is 16.7. The summed E-state index contributed by atoms with van der Waals surface area (Å²) in [6, 6.07) is 6.83. The molecule has 3 aliphatic heterocycles. The first kappa shape index (κ1) is 18.8. The average Bonchev–Trinajstić information content (AvgIpc) is 3.36. The number of nitrogens with zero attached hydrogens (tertiary/aromatic N) is 3. The molecule has 30 heavy (non-hydrogen) atoms. The third-order valence-corrected chi connectivity index (χ3v) is 8.05. The van der Waals surface area contributed by atoms with E-state index in [4.69, 9.17) is 14.2 Å². The van der Waals surface area contributed by atoms with Gasteiger partial charge >= 0.3 is 0 Å². The van der Waals surface area contributed by atoms with Crippen LogP contribution in [0.4, 0.5) is 0 Å². The van der Waals surface area contributed by atoms with Crippen LogP contribution in [0.3, 0.4) is 0 Å². The number of rotatable bonds is 3. The second kappa shape index (κ2) is 7.31. The molecule has 0 radical (unpaired) electrons. The normalized spacial score (nSPS) is 32.0. The molecule has 1 N–H and O–H groups in total. The van der Waals surface area contributed by atoms with Gasteiger partial charge in [0.2, 0.25) is 6.79 Å². The first-order valence-electron chi connectivity index (χ1n) is 11.5. The fraction of sp³-hybridized carbons (Fsp3) is 0.696. The molecular weight excluding hydrogens is 380 g/mol. The summed E-state index contributed by atoms with van der Waals surface area (Å²) < 4.78 is 17.0. The molecule has 0 aromatic heterocycles. The largest absolute Gasteiger partial charge is 0.454 e. The van der Waals surface area contributed by atoms with E-state index in [1.165, 1.54) is 31.2 Å². The SMILES string of the molecule is CN=C(NC1C2CCOC2C12CCC2)N1CCN(Cc2ccc3c(c2)OCO3)CC1. The molecule has 162 valence electrons. The number of fused-ring (bicyclic) bond motifs is 3. The number of aliphatic imine (C=N–C) groups is 1. The van der Waals surface area contributed by atoms with Gasteiger partial charge in [-0.25, -0.2) is 0 Å². The fourth-order valence-electron chi connectivity index (χ4n) is 6.31. The summed E-state index contributed by atoms with van der Waals surface area (Å²) in [5, 5.41) is 3.88. The minimum atomic E-state index is 0.333. The lowest BCUT2D eigenvalue weighted by molar-refractivity contribution is -0.171. The maximum Gasteiger partial charge on any atom is 0.231 e. The molecule has 5 aliphatic rings. The van der Waals surface area contributed by atoms with Crippen molar-refractivity contribution in [2.45, 2.75) is 44.4 Å². The van der Waals surface area contributed by atoms with Crippen molar-refractivity contribution < 1.29 is 14.2 Å². The Bertz CT molecular complexity index is 832. The van der Waals surface area contributed by atoms with Crippen LogP contribution in [0.2, 0.25) is 0 Å². The number of benzene rings is 1. The summed E-state index contributed by atoms with van der Waals surface area (Å²) >= 11 is 0. The zero-order valence-electron chi connectivity index (χ0n) is 17.8. The van der Waals surface area contributed by atoms with E-state index in [2.05, 4.69) is 32.2 Å². The van der Waals surface area contributed by atoms with Crippen LogP contribution in [0.5, 0.6) is 11.5 Å². The number of guanidine groups is 1. The van der Waals surface area contributed by atoms with E-state index in [1.54, 1.807) is 0 Å². The van der Waals surface area contributed by atoms with E-state index in [1.807, 2.05) is 13.1 Å². The van der Waals surface area contributed by atoms with Crippen LogP contribution in [0.1, 0.15) is 31.2 Å². The molecule has 1 aromatic rings. The molecule has 1 aromatic carbocycles. The Morgan fingerprint density at radius 2 is 2.00 bits per heavy atom. The summed E-state index contributed by atoms with van der Waals surface area (Å²) in [6.07, 6.45) is 5.67. The predicted molar refractivity (Wildman–Crippen MR) is 114 cm³/mol. The van der Waals surface area contributed by atoms with Gasteiger partial charge in [0.05, 0.1) is 6.10 Å². The number of ether oxygens (including phenoxy) is 3. The van der Waals surface area contributed by atoms with Crippen LogP contribution >= 0.6 is 0 Å². The second-order valence-electron chi connectivity index (χ2n) is 9.45. The van der Waals surface area contributed by atoms with Gasteiger partial charge in [-0.2, -0.15) is 0 Å². The summed E-state index contributed by atoms with van der Waals surface area (Å²) in [7, 11) is 1.93. The predicted octanol–water partition coefficient (Wildman–Crippen LogP) is 2.07. The van der Waals surface area contributed by atoms with Crippen molar-refractivity contribution in [1.29, 1.82) is 0 Å². The molecule has 3 atom stereocenters. The van der Waals surface area contributed by atoms with Crippen molar-refractivity contribution >= 4 is 5.96 Å². The van der Waals surface area contributed by atoms with Gasteiger partial charge in [0, 0.05) is 63.8 Å². The van der Waals surface area contributed by atoms with Gasteiger partial charge in [-0.1, -0.05) is 12.5 Å². The molecule has 0 amide bonds. The van der Waals surface area contributed by atoms with Crippen LogP contribution in [0.15, 0.2) is 23.2 Å². The van der Waals surface area contributed by atoms with E-state index in [-0.39, 0.29) is 0 Å². The van der Waals surface area contributed by atoms with Crippen molar-refractivity contribution in [3.05, 3.63) is 23.8 Å². The molecule has 3 unspecified atom stereocenters. The highest BCUT2D eigenvalue weighted by Gasteiger charge is 2.66. The third kappa shape index (κ3) is 2.89. The first-order valence-corrected chi connectivity index (χ1v) is 11.5. The Morgan fingerprint density at radius 3 is 2.77 bits per heavy atom. The second-order valence-corrected chi connectivity index (χ2v) is 9.45. The molecule has 0 bridgehead atoms. The summed E-state index contributed by atoms with van der Waals surface area (Å²) in [5.41, 5.74) is 1.67. The zero-order valence-corrected chi connectivity index (χ0v) is 17.8. The van der Waals surface area contributed by atoms with Gasteiger partial charge in [-0.05, 0) is 37.0 Å². The smallest absolute Gasteiger partial charge is 0.231 e. The molecule has 6 rings (SSSR count). The van der Waals surface area contributed by atoms with E-state index in [9.17, 15) is 0 Å². The van der Waals surface area contributed by atoms with E-state index in [0.29, 0.717) is 30.3 Å². The summed E-state index contributed by atoms with van der Waals surface area (Å²) in [4.78, 5) is 9.61. The number of nitrogens with one attached hydrogen (secondary N) is 1. The highest BCUT2D eigenvalue weighted by Crippen LogP contribution is 2.62. The van der Waals surface area contributed by atoms with E-state index < -0.39 is 0 Å². The van der Waals surface area contributed by atoms with E-state index in [0.717, 1.165) is 56.8 Å². The average molecular weight is 413 g/mol. The minimum absolute atomic E-state index is 0.333. The summed E-state index contributed by atoms with van der Waals surface area (Å²) in [5.74, 6) is 3.48. The Balaban J connectivity index is 1.05. The van der Waals surface area contributed by atoms with Gasteiger partial charge in [-0.15, -0.1) is 0 Å². The maximum absolute atomic E-state index is 6.08. The minimum Gasteiger partial charge on any atom is -0.454 e. The lowest BCUT2D eigenvalue weighted by Crippen LogP contribution is -2.73. The topological polar surface area (TPSA) is 58.6 Å². The molecule has 7 heteroatoms. The highest BCUT2D eigenvalue weighted by molar-refractivity contribution is 5.80. The van der Waals surface area contributed by atoms with Crippen LogP contribution in [0.25, 0.3) is 0 Å². The van der Waals surface area contributed by atoms with Crippen molar-refractivity contribution in [3.63, 3.8) is 0 Å². The van der Waals surface area contributed by atoms with Gasteiger partial charge in [0.1, 0.15) is 0 Å². The Labute approximate surface area is 178 Å². The molecule has 4 fully saturated rings. The molecule has 1 spiro atoms. The Hall–Kier alpha value is -1.99. The maximum atomic E-state index is 6.08. The lowest BCUT2D eigenvalue weighted by Gasteiger charge is -2.63. The number of hydrogen-bond donors (Lipinski definition) is 1. The van der Waals surface area contributed by atoms with Crippen molar-refractivity contribution in [2.75, 3.05) is 46.6 Å². The first-order chi connectivity index (χ1) is 14.8. The fourth-order valence-corrected chi connectivity index (χ4v) is 6.31. The Morgan fingerprint density at radius 1 is 1.17 bits per heavy atom. The zero-order chi connectivity index (χ0) is 20.1.